The van der Waals surface area contributed by atoms with E-state index >= 15 is 0 Å². The minimum absolute atomic E-state index is 0. The van der Waals surface area contributed by atoms with Crippen molar-refractivity contribution in [2.75, 3.05) is 39.8 Å². The Labute approximate surface area is 140 Å². The molecule has 0 aromatic carbocycles. The maximum absolute atomic E-state index is 11.8. The van der Waals surface area contributed by atoms with E-state index in [4.69, 9.17) is 4.74 Å². The Morgan fingerprint density at radius 3 is 2.50 bits per heavy atom. The Bertz CT molecular complexity index is 357. The van der Waals surface area contributed by atoms with E-state index in [2.05, 4.69) is 29.4 Å². The molecular weight excluding hydrogens is 302 g/mol. The highest BCUT2D eigenvalue weighted by Crippen LogP contribution is 2.35. The standard InChI is InChI=1S/C16H31N3O2.ClH/c1-15(2)13-19(9-10-21-15)16(7-5-4-6-8-16)12-18-14(20)11-17-3;/h17H,4-13H2,1-3H3,(H,18,20);1H. The fraction of sp³-hybridized carbons (Fsp3) is 0.938. The van der Waals surface area contributed by atoms with Crippen LogP contribution in [0.1, 0.15) is 46.0 Å². The van der Waals surface area contributed by atoms with E-state index in [1.54, 1.807) is 7.05 Å². The number of nitrogens with one attached hydrogen (secondary N) is 2. The lowest BCUT2D eigenvalue weighted by Crippen LogP contribution is -2.63. The van der Waals surface area contributed by atoms with E-state index in [-0.39, 0.29) is 29.5 Å². The minimum Gasteiger partial charge on any atom is -0.373 e. The van der Waals surface area contributed by atoms with Gasteiger partial charge >= 0.3 is 0 Å². The van der Waals surface area contributed by atoms with Gasteiger partial charge in [-0.2, -0.15) is 0 Å². The first-order valence-corrected chi connectivity index (χ1v) is 8.28. The van der Waals surface area contributed by atoms with Crippen LogP contribution in [0, 0.1) is 0 Å². The Balaban J connectivity index is 0.00000242. The van der Waals surface area contributed by atoms with E-state index in [1.165, 1.54) is 32.1 Å². The van der Waals surface area contributed by atoms with E-state index in [1.807, 2.05) is 0 Å². The number of hydrogen-bond acceptors (Lipinski definition) is 4. The average molecular weight is 334 g/mol. The molecule has 0 bridgehead atoms. The van der Waals surface area contributed by atoms with Crippen molar-refractivity contribution in [3.05, 3.63) is 0 Å². The number of nitrogens with zero attached hydrogens (tertiary/aromatic N) is 1. The summed E-state index contributed by atoms with van der Waals surface area (Å²) >= 11 is 0. The molecule has 0 atom stereocenters. The summed E-state index contributed by atoms with van der Waals surface area (Å²) in [6, 6.07) is 0. The molecule has 1 saturated carbocycles. The third kappa shape index (κ3) is 5.08. The SMILES string of the molecule is CNCC(=O)NCC1(N2CCOC(C)(C)C2)CCCCC1.Cl. The molecule has 1 amide bonds. The zero-order valence-corrected chi connectivity index (χ0v) is 15.1. The van der Waals surface area contributed by atoms with Crippen molar-refractivity contribution in [3.63, 3.8) is 0 Å². The van der Waals surface area contributed by atoms with Crippen LogP contribution in [0.3, 0.4) is 0 Å². The molecule has 1 heterocycles. The maximum Gasteiger partial charge on any atom is 0.234 e. The zero-order valence-electron chi connectivity index (χ0n) is 14.2. The van der Waals surface area contributed by atoms with Crippen LogP contribution in [0.25, 0.3) is 0 Å². The van der Waals surface area contributed by atoms with Crippen molar-refractivity contribution < 1.29 is 9.53 Å². The molecule has 2 fully saturated rings. The molecule has 1 aliphatic carbocycles. The van der Waals surface area contributed by atoms with Crippen molar-refractivity contribution in [3.8, 4) is 0 Å². The molecule has 5 nitrogen and oxygen atoms in total. The molecule has 1 saturated heterocycles. The van der Waals surface area contributed by atoms with Crippen LogP contribution in [-0.2, 0) is 9.53 Å². The molecule has 0 aromatic heterocycles. The second kappa shape index (κ2) is 8.48. The van der Waals surface area contributed by atoms with Gasteiger partial charge < -0.3 is 15.4 Å². The van der Waals surface area contributed by atoms with Crippen molar-refractivity contribution in [1.29, 1.82) is 0 Å². The van der Waals surface area contributed by atoms with Crippen molar-refractivity contribution in [2.45, 2.75) is 57.1 Å². The van der Waals surface area contributed by atoms with E-state index in [0.717, 1.165) is 26.2 Å². The third-order valence-corrected chi connectivity index (χ3v) is 4.83. The smallest absolute Gasteiger partial charge is 0.234 e. The van der Waals surface area contributed by atoms with Crippen LogP contribution in [0.5, 0.6) is 0 Å². The summed E-state index contributed by atoms with van der Waals surface area (Å²) in [4.78, 5) is 14.4. The van der Waals surface area contributed by atoms with Gasteiger partial charge in [0, 0.05) is 25.2 Å². The molecular formula is C16H32ClN3O2. The number of likely N-dealkylation sites (N-methyl/N-ethyl adjacent to an activating group) is 1. The normalized spacial score (nSPS) is 24.3. The number of carbonyl (C=O) groups is 1. The Kier molecular flexibility index (Phi) is 7.59. The second-order valence-corrected chi connectivity index (χ2v) is 7.12. The lowest BCUT2D eigenvalue weighted by atomic mass is 9.79. The van der Waals surface area contributed by atoms with Gasteiger partial charge in [-0.05, 0) is 33.7 Å². The molecule has 130 valence electrons. The van der Waals surface area contributed by atoms with Crippen molar-refractivity contribution >= 4 is 18.3 Å². The Hall–Kier alpha value is -0.360. The molecule has 1 aliphatic heterocycles. The number of rotatable bonds is 5. The first-order chi connectivity index (χ1) is 9.97. The van der Waals surface area contributed by atoms with E-state index < -0.39 is 0 Å². The summed E-state index contributed by atoms with van der Waals surface area (Å²) in [5.74, 6) is 0.0926. The van der Waals surface area contributed by atoms with Crippen LogP contribution < -0.4 is 10.6 Å². The molecule has 22 heavy (non-hydrogen) atoms. The van der Waals surface area contributed by atoms with Crippen molar-refractivity contribution in [2.24, 2.45) is 0 Å². The molecule has 0 radical (unpaired) electrons. The Morgan fingerprint density at radius 1 is 1.23 bits per heavy atom. The molecule has 2 N–H and O–H groups in total. The molecule has 6 heteroatoms. The first-order valence-electron chi connectivity index (χ1n) is 8.28. The average Bonchev–Trinajstić information content (AvgIpc) is 2.45. The third-order valence-electron chi connectivity index (χ3n) is 4.83. The summed E-state index contributed by atoms with van der Waals surface area (Å²) < 4.78 is 5.86. The highest BCUT2D eigenvalue weighted by molar-refractivity contribution is 5.85. The highest BCUT2D eigenvalue weighted by Gasteiger charge is 2.42. The first kappa shape index (κ1) is 19.7. The van der Waals surface area contributed by atoms with E-state index in [0.29, 0.717) is 6.54 Å². The number of halogens is 1. The topological polar surface area (TPSA) is 53.6 Å². The molecule has 2 aliphatic rings. The Morgan fingerprint density at radius 2 is 1.91 bits per heavy atom. The van der Waals surface area contributed by atoms with Gasteiger partial charge in [0.1, 0.15) is 0 Å². The van der Waals surface area contributed by atoms with Gasteiger partial charge in [0.25, 0.3) is 0 Å². The lowest BCUT2D eigenvalue weighted by molar-refractivity contribution is -0.128. The van der Waals surface area contributed by atoms with Crippen LogP contribution in [0.4, 0.5) is 0 Å². The molecule has 0 aromatic rings. The van der Waals surface area contributed by atoms with Crippen LogP contribution >= 0.6 is 12.4 Å². The number of ether oxygens (including phenoxy) is 1. The zero-order chi connectivity index (χ0) is 15.3. The summed E-state index contributed by atoms with van der Waals surface area (Å²) in [7, 11) is 1.81. The summed E-state index contributed by atoms with van der Waals surface area (Å²) in [6.07, 6.45) is 6.21. The highest BCUT2D eigenvalue weighted by atomic mass is 35.5. The maximum atomic E-state index is 11.8. The van der Waals surface area contributed by atoms with Gasteiger partial charge in [0.15, 0.2) is 0 Å². The van der Waals surface area contributed by atoms with Gasteiger partial charge in [-0.15, -0.1) is 12.4 Å². The fourth-order valence-electron chi connectivity index (χ4n) is 3.72. The largest absolute Gasteiger partial charge is 0.373 e. The molecule has 2 rings (SSSR count). The van der Waals surface area contributed by atoms with Gasteiger partial charge in [-0.25, -0.2) is 0 Å². The fourth-order valence-corrected chi connectivity index (χ4v) is 3.72. The monoisotopic (exact) mass is 333 g/mol. The van der Waals surface area contributed by atoms with Gasteiger partial charge in [0.2, 0.25) is 5.91 Å². The quantitative estimate of drug-likeness (QED) is 0.801. The van der Waals surface area contributed by atoms with E-state index in [9.17, 15) is 4.79 Å². The predicted octanol–water partition coefficient (Wildman–Crippen LogP) is 1.56. The van der Waals surface area contributed by atoms with Crippen LogP contribution in [0.15, 0.2) is 0 Å². The lowest BCUT2D eigenvalue weighted by Gasteiger charge is -2.51. The number of morpholine rings is 1. The summed E-state index contributed by atoms with van der Waals surface area (Å²) in [6.45, 7) is 8.21. The number of carbonyl (C=O) groups excluding carboxylic acids is 1. The summed E-state index contributed by atoms with van der Waals surface area (Å²) in [5, 5.41) is 6.05. The van der Waals surface area contributed by atoms with Crippen molar-refractivity contribution in [1.82, 2.24) is 15.5 Å². The second-order valence-electron chi connectivity index (χ2n) is 7.12. The van der Waals surface area contributed by atoms with Crippen LogP contribution in [0.2, 0.25) is 0 Å². The number of hydrogen-bond donors (Lipinski definition) is 2. The molecule has 0 spiro atoms. The predicted molar refractivity (Wildman–Crippen MR) is 91.6 cm³/mol. The molecule has 0 unspecified atom stereocenters. The minimum atomic E-state index is -0.0856. The summed E-state index contributed by atoms with van der Waals surface area (Å²) in [5.41, 5.74) is 0.0420. The van der Waals surface area contributed by atoms with Crippen LogP contribution in [-0.4, -0.2) is 61.8 Å². The number of amides is 1. The van der Waals surface area contributed by atoms with Gasteiger partial charge in [-0.3, -0.25) is 9.69 Å². The van der Waals surface area contributed by atoms with Gasteiger partial charge in [0.05, 0.1) is 18.8 Å². The van der Waals surface area contributed by atoms with Gasteiger partial charge in [-0.1, -0.05) is 19.3 Å².